The van der Waals surface area contributed by atoms with Gasteiger partial charge in [-0.1, -0.05) is 6.07 Å². The number of hydrogen-bond acceptors (Lipinski definition) is 4. The first-order chi connectivity index (χ1) is 8.63. The van der Waals surface area contributed by atoms with E-state index in [1.54, 1.807) is 6.20 Å². The van der Waals surface area contributed by atoms with Crippen molar-refractivity contribution in [2.24, 2.45) is 0 Å². The SMILES string of the molecule is Cc1ccc2oc(-c3nc(C)cnc3C)nc2c1. The van der Waals surface area contributed by atoms with E-state index in [4.69, 9.17) is 4.42 Å². The predicted octanol–water partition coefficient (Wildman–Crippen LogP) is 3.21. The summed E-state index contributed by atoms with van der Waals surface area (Å²) < 4.78 is 5.73. The maximum absolute atomic E-state index is 5.73. The van der Waals surface area contributed by atoms with Gasteiger partial charge in [0.1, 0.15) is 11.2 Å². The molecule has 0 aliphatic heterocycles. The molecule has 0 N–H and O–H groups in total. The van der Waals surface area contributed by atoms with Crippen molar-refractivity contribution in [1.82, 2.24) is 15.0 Å². The van der Waals surface area contributed by atoms with E-state index in [1.165, 1.54) is 0 Å². The van der Waals surface area contributed by atoms with E-state index in [9.17, 15) is 0 Å². The van der Waals surface area contributed by atoms with Crippen molar-refractivity contribution < 1.29 is 4.42 Å². The van der Waals surface area contributed by atoms with Crippen molar-refractivity contribution >= 4 is 11.1 Å². The Labute approximate surface area is 105 Å². The Morgan fingerprint density at radius 3 is 2.72 bits per heavy atom. The molecule has 0 saturated heterocycles. The average Bonchev–Trinajstić information content (AvgIpc) is 2.74. The molecular weight excluding hydrogens is 226 g/mol. The lowest BCUT2D eigenvalue weighted by Crippen LogP contribution is -1.94. The highest BCUT2D eigenvalue weighted by Crippen LogP contribution is 2.25. The highest BCUT2D eigenvalue weighted by molar-refractivity contribution is 5.76. The first-order valence-electron chi connectivity index (χ1n) is 5.81. The largest absolute Gasteiger partial charge is 0.435 e. The van der Waals surface area contributed by atoms with Crippen molar-refractivity contribution in [2.45, 2.75) is 20.8 Å². The van der Waals surface area contributed by atoms with Crippen LogP contribution in [0.2, 0.25) is 0 Å². The van der Waals surface area contributed by atoms with Crippen molar-refractivity contribution in [3.05, 3.63) is 41.3 Å². The topological polar surface area (TPSA) is 51.8 Å². The molecule has 2 aromatic heterocycles. The van der Waals surface area contributed by atoms with Crippen LogP contribution in [0.4, 0.5) is 0 Å². The molecule has 2 heterocycles. The maximum atomic E-state index is 5.73. The third-order valence-corrected chi connectivity index (χ3v) is 2.82. The zero-order chi connectivity index (χ0) is 12.7. The number of rotatable bonds is 1. The van der Waals surface area contributed by atoms with Crippen LogP contribution in [0.5, 0.6) is 0 Å². The zero-order valence-electron chi connectivity index (χ0n) is 10.6. The summed E-state index contributed by atoms with van der Waals surface area (Å²) in [5.74, 6) is 0.532. The molecule has 0 bridgehead atoms. The summed E-state index contributed by atoms with van der Waals surface area (Å²) in [5, 5.41) is 0. The van der Waals surface area contributed by atoms with E-state index in [2.05, 4.69) is 15.0 Å². The summed E-state index contributed by atoms with van der Waals surface area (Å²) in [6.07, 6.45) is 1.74. The van der Waals surface area contributed by atoms with Crippen LogP contribution in [-0.4, -0.2) is 15.0 Å². The fourth-order valence-electron chi connectivity index (χ4n) is 1.88. The molecule has 4 heteroatoms. The number of nitrogens with zero attached hydrogens (tertiary/aromatic N) is 3. The van der Waals surface area contributed by atoms with Gasteiger partial charge < -0.3 is 4.42 Å². The smallest absolute Gasteiger partial charge is 0.248 e. The van der Waals surface area contributed by atoms with Crippen LogP contribution in [0.1, 0.15) is 17.0 Å². The second-order valence-electron chi connectivity index (χ2n) is 4.44. The molecule has 90 valence electrons. The Kier molecular flexibility index (Phi) is 2.37. The van der Waals surface area contributed by atoms with Crippen LogP contribution < -0.4 is 0 Å². The maximum Gasteiger partial charge on any atom is 0.248 e. The lowest BCUT2D eigenvalue weighted by Gasteiger charge is -1.99. The van der Waals surface area contributed by atoms with Gasteiger partial charge in [-0.3, -0.25) is 4.98 Å². The molecule has 0 aliphatic carbocycles. The number of oxazole rings is 1. The molecule has 3 aromatic rings. The quantitative estimate of drug-likeness (QED) is 0.654. The van der Waals surface area contributed by atoms with Gasteiger partial charge in [-0.15, -0.1) is 0 Å². The number of aryl methyl sites for hydroxylation is 3. The van der Waals surface area contributed by atoms with Crippen molar-refractivity contribution in [1.29, 1.82) is 0 Å². The van der Waals surface area contributed by atoms with Crippen LogP contribution >= 0.6 is 0 Å². The van der Waals surface area contributed by atoms with Crippen LogP contribution in [0, 0.1) is 20.8 Å². The van der Waals surface area contributed by atoms with E-state index >= 15 is 0 Å². The lowest BCUT2D eigenvalue weighted by molar-refractivity contribution is 0.615. The Bertz CT molecular complexity index is 731. The zero-order valence-corrected chi connectivity index (χ0v) is 10.6. The van der Waals surface area contributed by atoms with E-state index in [0.29, 0.717) is 11.6 Å². The summed E-state index contributed by atoms with van der Waals surface area (Å²) >= 11 is 0. The summed E-state index contributed by atoms with van der Waals surface area (Å²) in [5.41, 5.74) is 5.18. The number of aromatic nitrogens is 3. The van der Waals surface area contributed by atoms with Crippen molar-refractivity contribution in [3.8, 4) is 11.6 Å². The second kappa shape index (κ2) is 3.91. The van der Waals surface area contributed by atoms with Crippen LogP contribution in [0.15, 0.2) is 28.8 Å². The first kappa shape index (κ1) is 10.9. The Morgan fingerprint density at radius 1 is 1.06 bits per heavy atom. The Morgan fingerprint density at radius 2 is 1.89 bits per heavy atom. The third-order valence-electron chi connectivity index (χ3n) is 2.82. The van der Waals surface area contributed by atoms with E-state index in [-0.39, 0.29) is 0 Å². The molecule has 0 aliphatic rings. The number of hydrogen-bond donors (Lipinski definition) is 0. The molecule has 18 heavy (non-hydrogen) atoms. The lowest BCUT2D eigenvalue weighted by atomic mass is 10.2. The molecule has 0 amide bonds. The van der Waals surface area contributed by atoms with Crippen LogP contribution in [0.3, 0.4) is 0 Å². The fraction of sp³-hybridized carbons (Fsp3) is 0.214. The minimum absolute atomic E-state index is 0.532. The van der Waals surface area contributed by atoms with Gasteiger partial charge >= 0.3 is 0 Å². The molecule has 3 rings (SSSR count). The van der Waals surface area contributed by atoms with Gasteiger partial charge in [-0.25, -0.2) is 9.97 Å². The summed E-state index contributed by atoms with van der Waals surface area (Å²) in [4.78, 5) is 13.2. The van der Waals surface area contributed by atoms with Gasteiger partial charge in [0.15, 0.2) is 5.58 Å². The van der Waals surface area contributed by atoms with E-state index in [1.807, 2.05) is 39.0 Å². The number of benzene rings is 1. The molecule has 0 radical (unpaired) electrons. The molecule has 0 atom stereocenters. The Hall–Kier alpha value is -2.23. The van der Waals surface area contributed by atoms with Gasteiger partial charge in [0, 0.05) is 6.20 Å². The minimum atomic E-state index is 0.532. The van der Waals surface area contributed by atoms with Gasteiger partial charge in [0.2, 0.25) is 5.89 Å². The molecule has 0 unspecified atom stereocenters. The van der Waals surface area contributed by atoms with Crippen molar-refractivity contribution in [3.63, 3.8) is 0 Å². The molecule has 0 fully saturated rings. The fourth-order valence-corrected chi connectivity index (χ4v) is 1.88. The van der Waals surface area contributed by atoms with E-state index < -0.39 is 0 Å². The molecule has 1 aromatic carbocycles. The highest BCUT2D eigenvalue weighted by atomic mass is 16.3. The van der Waals surface area contributed by atoms with Crippen LogP contribution in [0.25, 0.3) is 22.7 Å². The monoisotopic (exact) mass is 239 g/mol. The molecule has 0 saturated carbocycles. The van der Waals surface area contributed by atoms with Gasteiger partial charge in [-0.05, 0) is 38.5 Å². The molecule has 0 spiro atoms. The second-order valence-corrected chi connectivity index (χ2v) is 4.44. The normalized spacial score (nSPS) is 11.1. The summed E-state index contributed by atoms with van der Waals surface area (Å²) in [6, 6.07) is 5.94. The standard InChI is InChI=1S/C14H13N3O/c1-8-4-5-12-11(6-8)17-14(18-12)13-10(3)15-7-9(2)16-13/h4-7H,1-3H3. The molecule has 4 nitrogen and oxygen atoms in total. The summed E-state index contributed by atoms with van der Waals surface area (Å²) in [6.45, 7) is 5.84. The third kappa shape index (κ3) is 1.76. The van der Waals surface area contributed by atoms with Gasteiger partial charge in [0.05, 0.1) is 11.4 Å². The first-order valence-corrected chi connectivity index (χ1v) is 5.81. The highest BCUT2D eigenvalue weighted by Gasteiger charge is 2.13. The predicted molar refractivity (Wildman–Crippen MR) is 69.2 cm³/mol. The summed E-state index contributed by atoms with van der Waals surface area (Å²) in [7, 11) is 0. The van der Waals surface area contributed by atoms with Crippen LogP contribution in [-0.2, 0) is 0 Å². The Balaban J connectivity index is 2.22. The minimum Gasteiger partial charge on any atom is -0.435 e. The average molecular weight is 239 g/mol. The van der Waals surface area contributed by atoms with Crippen molar-refractivity contribution in [2.75, 3.05) is 0 Å². The number of fused-ring (bicyclic) bond motifs is 1. The van der Waals surface area contributed by atoms with E-state index in [0.717, 1.165) is 28.1 Å². The molecular formula is C14H13N3O. The van der Waals surface area contributed by atoms with Gasteiger partial charge in [-0.2, -0.15) is 0 Å². The van der Waals surface area contributed by atoms with Gasteiger partial charge in [0.25, 0.3) is 0 Å².